The largest absolute Gasteiger partial charge is 0.463 e. The molecule has 1 aromatic heterocycles. The van der Waals surface area contributed by atoms with Crippen LogP contribution in [-0.2, 0) is 9.53 Å². The van der Waals surface area contributed by atoms with Crippen LogP contribution >= 0.6 is 22.9 Å². The SMILES string of the molecule is CCOC(=O)C1=C(CN2CC(F)C2)NC(c2nccs2)=N[C@H]1c1ccc(F)cc1Cl. The number of alkyl halides is 1. The molecule has 0 amide bonds. The molecule has 1 saturated heterocycles. The molecule has 0 aliphatic carbocycles. The third-order valence-corrected chi connectivity index (χ3v) is 5.91. The molecule has 2 aromatic rings. The Kier molecular flexibility index (Phi) is 6.12. The van der Waals surface area contributed by atoms with E-state index in [1.165, 1.54) is 29.5 Å². The van der Waals surface area contributed by atoms with Gasteiger partial charge in [-0.15, -0.1) is 11.3 Å². The fourth-order valence-electron chi connectivity index (χ4n) is 3.43. The first-order valence-electron chi connectivity index (χ1n) is 9.42. The highest BCUT2D eigenvalue weighted by Gasteiger charge is 2.36. The maximum atomic E-state index is 13.6. The lowest BCUT2D eigenvalue weighted by molar-refractivity contribution is -0.139. The van der Waals surface area contributed by atoms with Crippen LogP contribution in [0.1, 0.15) is 23.5 Å². The van der Waals surface area contributed by atoms with E-state index in [0.717, 1.165) is 0 Å². The number of rotatable bonds is 6. The minimum absolute atomic E-state index is 0.151. The van der Waals surface area contributed by atoms with E-state index < -0.39 is 24.0 Å². The van der Waals surface area contributed by atoms with Crippen LogP contribution in [0.25, 0.3) is 0 Å². The Hall–Kier alpha value is -2.36. The van der Waals surface area contributed by atoms with E-state index in [1.54, 1.807) is 13.1 Å². The Balaban J connectivity index is 1.81. The lowest BCUT2D eigenvalue weighted by atomic mass is 9.94. The summed E-state index contributed by atoms with van der Waals surface area (Å²) in [6.07, 6.45) is 0.770. The topological polar surface area (TPSA) is 66.8 Å². The van der Waals surface area contributed by atoms with Crippen molar-refractivity contribution in [1.82, 2.24) is 15.2 Å². The Morgan fingerprint density at radius 3 is 2.87 bits per heavy atom. The first kappa shape index (κ1) is 20.9. The maximum Gasteiger partial charge on any atom is 0.338 e. The van der Waals surface area contributed by atoms with E-state index in [0.29, 0.717) is 28.6 Å². The van der Waals surface area contributed by atoms with E-state index in [2.05, 4.69) is 15.3 Å². The summed E-state index contributed by atoms with van der Waals surface area (Å²) in [7, 11) is 0. The van der Waals surface area contributed by atoms with Gasteiger partial charge in [0.05, 0.1) is 12.2 Å². The van der Waals surface area contributed by atoms with Crippen LogP contribution in [0.4, 0.5) is 8.78 Å². The van der Waals surface area contributed by atoms with Crippen molar-refractivity contribution in [1.29, 1.82) is 0 Å². The Bertz CT molecular complexity index is 1010. The summed E-state index contributed by atoms with van der Waals surface area (Å²) in [5.74, 6) is -0.571. The molecule has 6 nitrogen and oxygen atoms in total. The van der Waals surface area contributed by atoms with Gasteiger partial charge in [0.15, 0.2) is 10.8 Å². The van der Waals surface area contributed by atoms with E-state index in [1.807, 2.05) is 10.3 Å². The second-order valence-corrected chi connectivity index (χ2v) is 8.21. The zero-order chi connectivity index (χ0) is 21.3. The van der Waals surface area contributed by atoms with Crippen LogP contribution in [-0.4, -0.2) is 54.1 Å². The molecule has 2 aliphatic heterocycles. The lowest BCUT2D eigenvalue weighted by Crippen LogP contribution is -2.51. The van der Waals surface area contributed by atoms with Crippen LogP contribution < -0.4 is 5.32 Å². The monoisotopic (exact) mass is 452 g/mol. The van der Waals surface area contributed by atoms with Crippen molar-refractivity contribution in [2.45, 2.75) is 19.1 Å². The summed E-state index contributed by atoms with van der Waals surface area (Å²) >= 11 is 7.70. The standard InChI is InChI=1S/C20H19ClF2N4O2S/c1-2-29-20(28)16-15(10-27-8-12(23)9-27)25-18(19-24-5-6-30-19)26-17(16)13-4-3-11(22)7-14(13)21/h3-7,12,17H,2,8-10H2,1H3,(H,25,26)/t17-/m0/s1. The molecule has 30 heavy (non-hydrogen) atoms. The van der Waals surface area contributed by atoms with E-state index >= 15 is 0 Å². The molecule has 0 unspecified atom stereocenters. The molecule has 10 heteroatoms. The van der Waals surface area contributed by atoms with Crippen LogP contribution in [0, 0.1) is 5.82 Å². The number of thiazole rings is 1. The molecule has 1 aromatic carbocycles. The number of carbonyl (C=O) groups is 1. The summed E-state index contributed by atoms with van der Waals surface area (Å²) in [5.41, 5.74) is 1.29. The number of halogens is 3. The second-order valence-electron chi connectivity index (χ2n) is 6.91. The summed E-state index contributed by atoms with van der Waals surface area (Å²) in [6, 6.07) is 3.15. The first-order chi connectivity index (χ1) is 14.5. The molecule has 0 saturated carbocycles. The number of hydrogen-bond acceptors (Lipinski definition) is 7. The number of hydrogen-bond donors (Lipinski definition) is 1. The highest BCUT2D eigenvalue weighted by molar-refractivity contribution is 7.11. The highest BCUT2D eigenvalue weighted by atomic mass is 35.5. The zero-order valence-electron chi connectivity index (χ0n) is 16.1. The molecule has 158 valence electrons. The molecule has 2 aliphatic rings. The fraction of sp³-hybridized carbons (Fsp3) is 0.350. The van der Waals surface area contributed by atoms with Crippen molar-refractivity contribution in [2.75, 3.05) is 26.2 Å². The summed E-state index contributed by atoms with van der Waals surface area (Å²) in [5, 5.41) is 5.78. The molecule has 1 fully saturated rings. The number of carbonyl (C=O) groups excluding carboxylic acids is 1. The number of aromatic nitrogens is 1. The molecule has 0 spiro atoms. The number of nitrogens with zero attached hydrogens (tertiary/aromatic N) is 3. The average Bonchev–Trinajstić information content (AvgIpc) is 3.21. The van der Waals surface area contributed by atoms with Gasteiger partial charge in [-0.05, 0) is 19.1 Å². The molecule has 0 bridgehead atoms. The molecule has 1 atom stereocenters. The van der Waals surface area contributed by atoms with Gasteiger partial charge in [-0.3, -0.25) is 9.89 Å². The third-order valence-electron chi connectivity index (χ3n) is 4.81. The molecule has 4 rings (SSSR count). The number of likely N-dealkylation sites (tertiary alicyclic amines) is 1. The van der Waals surface area contributed by atoms with E-state index in [-0.39, 0.29) is 30.3 Å². The van der Waals surface area contributed by atoms with E-state index in [9.17, 15) is 13.6 Å². The smallest absolute Gasteiger partial charge is 0.338 e. The fourth-order valence-corrected chi connectivity index (χ4v) is 4.28. The second kappa shape index (κ2) is 8.79. The van der Waals surface area contributed by atoms with Gasteiger partial charge >= 0.3 is 5.97 Å². The number of benzene rings is 1. The van der Waals surface area contributed by atoms with Crippen molar-refractivity contribution in [3.63, 3.8) is 0 Å². The van der Waals surface area contributed by atoms with Gasteiger partial charge in [0, 0.05) is 47.5 Å². The van der Waals surface area contributed by atoms with Crippen LogP contribution in [0.3, 0.4) is 0 Å². The average molecular weight is 453 g/mol. The maximum absolute atomic E-state index is 13.6. The van der Waals surface area contributed by atoms with Crippen molar-refractivity contribution >= 4 is 34.7 Å². The number of amidine groups is 1. The van der Waals surface area contributed by atoms with Crippen molar-refractivity contribution in [3.8, 4) is 0 Å². The van der Waals surface area contributed by atoms with Crippen molar-refractivity contribution < 1.29 is 18.3 Å². The third kappa shape index (κ3) is 4.23. The Morgan fingerprint density at radius 2 is 2.23 bits per heavy atom. The number of ether oxygens (including phenoxy) is 1. The normalized spacial score (nSPS) is 19.9. The Labute approximate surface area is 181 Å². The molecule has 3 heterocycles. The summed E-state index contributed by atoms with van der Waals surface area (Å²) < 4.78 is 32.3. The Morgan fingerprint density at radius 1 is 1.43 bits per heavy atom. The van der Waals surface area contributed by atoms with Gasteiger partial charge < -0.3 is 10.1 Å². The van der Waals surface area contributed by atoms with Gasteiger partial charge in [0.2, 0.25) is 0 Å². The minimum atomic E-state index is -0.880. The van der Waals surface area contributed by atoms with Gasteiger partial charge in [-0.1, -0.05) is 17.7 Å². The molecule has 1 N–H and O–H groups in total. The van der Waals surface area contributed by atoms with Crippen LogP contribution in [0.2, 0.25) is 5.02 Å². The highest BCUT2D eigenvalue weighted by Crippen LogP contribution is 2.37. The number of nitrogens with one attached hydrogen (secondary N) is 1. The minimum Gasteiger partial charge on any atom is -0.463 e. The molecule has 0 radical (unpaired) electrons. The van der Waals surface area contributed by atoms with Crippen molar-refractivity contribution in [3.05, 3.63) is 62.5 Å². The summed E-state index contributed by atoms with van der Waals surface area (Å²) in [6.45, 7) is 2.77. The lowest BCUT2D eigenvalue weighted by Gasteiger charge is -2.37. The van der Waals surface area contributed by atoms with Crippen LogP contribution in [0.5, 0.6) is 0 Å². The number of aliphatic imine (C=N–C) groups is 1. The summed E-state index contributed by atoms with van der Waals surface area (Å²) in [4.78, 5) is 23.8. The van der Waals surface area contributed by atoms with Gasteiger partial charge in [-0.2, -0.15) is 0 Å². The van der Waals surface area contributed by atoms with Gasteiger partial charge in [-0.25, -0.2) is 18.6 Å². The quantitative estimate of drug-likeness (QED) is 0.679. The predicted octanol–water partition coefficient (Wildman–Crippen LogP) is 3.50. The number of esters is 1. The van der Waals surface area contributed by atoms with Crippen LogP contribution in [0.15, 0.2) is 46.0 Å². The first-order valence-corrected chi connectivity index (χ1v) is 10.7. The van der Waals surface area contributed by atoms with E-state index in [4.69, 9.17) is 16.3 Å². The van der Waals surface area contributed by atoms with Gasteiger partial charge in [0.1, 0.15) is 18.0 Å². The predicted molar refractivity (Wildman–Crippen MR) is 111 cm³/mol. The molecular formula is C20H19ClF2N4O2S. The van der Waals surface area contributed by atoms with Gasteiger partial charge in [0.25, 0.3) is 0 Å². The molecular weight excluding hydrogens is 434 g/mol. The van der Waals surface area contributed by atoms with Crippen molar-refractivity contribution in [2.24, 2.45) is 4.99 Å². The zero-order valence-corrected chi connectivity index (χ0v) is 17.6.